The van der Waals surface area contributed by atoms with Crippen LogP contribution >= 0.6 is 0 Å². The summed E-state index contributed by atoms with van der Waals surface area (Å²) >= 11 is 0. The number of aryl methyl sites for hydroxylation is 3. The van der Waals surface area contributed by atoms with Crippen LogP contribution in [0.25, 0.3) is 0 Å². The molecule has 0 aliphatic carbocycles. The first-order valence-electron chi connectivity index (χ1n) is 8.59. The van der Waals surface area contributed by atoms with Gasteiger partial charge in [0.05, 0.1) is 6.10 Å². The van der Waals surface area contributed by atoms with Crippen molar-refractivity contribution in [3.8, 4) is 0 Å². The van der Waals surface area contributed by atoms with Crippen LogP contribution in [0.4, 0.5) is 11.5 Å². The number of hydrogen-bond acceptors (Lipinski definition) is 5. The summed E-state index contributed by atoms with van der Waals surface area (Å²) in [7, 11) is 0. The molecule has 3 rings (SSSR count). The van der Waals surface area contributed by atoms with E-state index in [0.717, 1.165) is 36.3 Å². The first kappa shape index (κ1) is 17.4. The minimum absolute atomic E-state index is 0.112. The highest BCUT2D eigenvalue weighted by molar-refractivity contribution is 5.93. The minimum atomic E-state index is -0.210. The molecule has 6 nitrogen and oxygen atoms in total. The zero-order valence-electron chi connectivity index (χ0n) is 14.9. The highest BCUT2D eigenvalue weighted by Crippen LogP contribution is 2.25. The van der Waals surface area contributed by atoms with Gasteiger partial charge in [-0.15, -0.1) is 0 Å². The summed E-state index contributed by atoms with van der Waals surface area (Å²) in [5, 5.41) is 6.18. The van der Waals surface area contributed by atoms with Crippen LogP contribution in [0.3, 0.4) is 0 Å². The van der Waals surface area contributed by atoms with Gasteiger partial charge in [0.25, 0.3) is 5.91 Å². The molecule has 0 spiro atoms. The molecule has 0 radical (unpaired) electrons. The molecule has 1 aromatic carbocycles. The fraction of sp³-hybridized carbons (Fsp3) is 0.421. The number of nitrogens with one attached hydrogen (secondary N) is 2. The van der Waals surface area contributed by atoms with Gasteiger partial charge in [0, 0.05) is 24.9 Å². The summed E-state index contributed by atoms with van der Waals surface area (Å²) in [6, 6.07) is 5.90. The molecule has 6 heteroatoms. The number of hydrogen-bond donors (Lipinski definition) is 2. The van der Waals surface area contributed by atoms with Gasteiger partial charge in [-0.1, -0.05) is 17.7 Å². The van der Waals surface area contributed by atoms with Gasteiger partial charge in [0.2, 0.25) is 0 Å². The maximum absolute atomic E-state index is 12.3. The zero-order chi connectivity index (χ0) is 17.8. The highest BCUT2D eigenvalue weighted by Gasteiger charge is 2.17. The van der Waals surface area contributed by atoms with Crippen LogP contribution in [-0.4, -0.2) is 35.1 Å². The number of carbonyl (C=O) groups excluding carboxylic acids is 1. The second kappa shape index (κ2) is 7.61. The lowest BCUT2D eigenvalue weighted by Gasteiger charge is -2.14. The number of anilines is 2. The van der Waals surface area contributed by atoms with Crippen molar-refractivity contribution in [2.24, 2.45) is 0 Å². The van der Waals surface area contributed by atoms with Crippen LogP contribution in [0.5, 0.6) is 0 Å². The van der Waals surface area contributed by atoms with Crippen molar-refractivity contribution in [2.75, 3.05) is 18.5 Å². The van der Waals surface area contributed by atoms with Gasteiger partial charge in [0.1, 0.15) is 17.8 Å². The fourth-order valence-corrected chi connectivity index (χ4v) is 3.16. The molecule has 1 saturated heterocycles. The van der Waals surface area contributed by atoms with Crippen LogP contribution in [0.2, 0.25) is 0 Å². The van der Waals surface area contributed by atoms with E-state index in [-0.39, 0.29) is 12.0 Å². The zero-order valence-corrected chi connectivity index (χ0v) is 14.9. The van der Waals surface area contributed by atoms with Gasteiger partial charge in [-0.3, -0.25) is 4.79 Å². The Morgan fingerprint density at radius 3 is 2.64 bits per heavy atom. The average molecular weight is 340 g/mol. The molecule has 2 N–H and O–H groups in total. The van der Waals surface area contributed by atoms with Crippen LogP contribution < -0.4 is 10.6 Å². The van der Waals surface area contributed by atoms with Crippen molar-refractivity contribution in [2.45, 2.75) is 39.7 Å². The number of rotatable bonds is 5. The standard InChI is InChI=1S/C19H24N4O2/c1-12-7-13(2)18(14(3)8-12)23-17-9-16(21-11-22-17)19(24)20-10-15-5-4-6-25-15/h7-9,11,15H,4-6,10H2,1-3H3,(H,20,24)(H,21,22,23). The number of nitrogens with zero attached hydrogens (tertiary/aromatic N) is 2. The number of ether oxygens (including phenoxy) is 1. The molecule has 1 unspecified atom stereocenters. The lowest BCUT2D eigenvalue weighted by molar-refractivity contribution is 0.0853. The van der Waals surface area contributed by atoms with Gasteiger partial charge in [-0.05, 0) is 44.7 Å². The smallest absolute Gasteiger partial charge is 0.270 e. The molecule has 1 fully saturated rings. The normalized spacial score (nSPS) is 16.7. The molecule has 25 heavy (non-hydrogen) atoms. The highest BCUT2D eigenvalue weighted by atomic mass is 16.5. The number of amides is 1. The summed E-state index contributed by atoms with van der Waals surface area (Å²) in [6.45, 7) is 7.47. The number of carbonyl (C=O) groups is 1. The van der Waals surface area contributed by atoms with E-state index in [2.05, 4.69) is 53.5 Å². The van der Waals surface area contributed by atoms with E-state index in [9.17, 15) is 4.79 Å². The van der Waals surface area contributed by atoms with Crippen LogP contribution in [0.1, 0.15) is 40.0 Å². The first-order valence-corrected chi connectivity index (χ1v) is 8.59. The van der Waals surface area contributed by atoms with Gasteiger partial charge < -0.3 is 15.4 Å². The Balaban J connectivity index is 1.70. The molecular formula is C19H24N4O2. The Labute approximate surface area is 148 Å². The first-order chi connectivity index (χ1) is 12.0. The van der Waals surface area contributed by atoms with Gasteiger partial charge in [-0.2, -0.15) is 0 Å². The second-order valence-electron chi connectivity index (χ2n) is 6.53. The summed E-state index contributed by atoms with van der Waals surface area (Å²) in [5.41, 5.74) is 4.85. The van der Waals surface area contributed by atoms with Crippen LogP contribution in [-0.2, 0) is 4.74 Å². The molecule has 1 amide bonds. The predicted octanol–water partition coefficient (Wildman–Crippen LogP) is 3.05. The molecule has 0 bridgehead atoms. The van der Waals surface area contributed by atoms with Gasteiger partial charge in [-0.25, -0.2) is 9.97 Å². The topological polar surface area (TPSA) is 76.1 Å². The van der Waals surface area contributed by atoms with E-state index in [1.165, 1.54) is 11.9 Å². The van der Waals surface area contributed by atoms with E-state index in [0.29, 0.717) is 18.1 Å². The molecule has 132 valence electrons. The van der Waals surface area contributed by atoms with Crippen molar-refractivity contribution >= 4 is 17.4 Å². The van der Waals surface area contributed by atoms with E-state index in [4.69, 9.17) is 4.74 Å². The molecule has 0 saturated carbocycles. The maximum atomic E-state index is 12.3. The summed E-state index contributed by atoms with van der Waals surface area (Å²) < 4.78 is 5.52. The third kappa shape index (κ3) is 4.33. The monoisotopic (exact) mass is 340 g/mol. The molecule has 2 heterocycles. The lowest BCUT2D eigenvalue weighted by Crippen LogP contribution is -2.32. The lowest BCUT2D eigenvalue weighted by atomic mass is 10.1. The summed E-state index contributed by atoms with van der Waals surface area (Å²) in [5.74, 6) is 0.394. The Bertz CT molecular complexity index is 747. The Hall–Kier alpha value is -2.47. The molecule has 1 aliphatic heterocycles. The Kier molecular flexibility index (Phi) is 5.28. The van der Waals surface area contributed by atoms with Crippen molar-refractivity contribution in [3.63, 3.8) is 0 Å². The molecular weight excluding hydrogens is 316 g/mol. The second-order valence-corrected chi connectivity index (χ2v) is 6.53. The van der Waals surface area contributed by atoms with Crippen LogP contribution in [0.15, 0.2) is 24.5 Å². The third-order valence-corrected chi connectivity index (χ3v) is 4.34. The summed E-state index contributed by atoms with van der Waals surface area (Å²) in [6.07, 6.45) is 3.56. The Morgan fingerprint density at radius 1 is 1.20 bits per heavy atom. The predicted molar refractivity (Wildman–Crippen MR) is 97.3 cm³/mol. The van der Waals surface area contributed by atoms with E-state index < -0.39 is 0 Å². The van der Waals surface area contributed by atoms with Gasteiger partial charge in [0.15, 0.2) is 0 Å². The Morgan fingerprint density at radius 2 is 1.96 bits per heavy atom. The maximum Gasteiger partial charge on any atom is 0.270 e. The van der Waals surface area contributed by atoms with E-state index in [1.807, 2.05) is 0 Å². The van der Waals surface area contributed by atoms with Crippen molar-refractivity contribution in [3.05, 3.63) is 46.9 Å². The quantitative estimate of drug-likeness (QED) is 0.875. The SMILES string of the molecule is Cc1cc(C)c(Nc2cc(C(=O)NCC3CCCO3)ncn2)c(C)c1. The van der Waals surface area contributed by atoms with Crippen molar-refractivity contribution in [1.29, 1.82) is 0 Å². The third-order valence-electron chi connectivity index (χ3n) is 4.34. The number of aromatic nitrogens is 2. The van der Waals surface area contributed by atoms with Gasteiger partial charge >= 0.3 is 0 Å². The molecule has 1 atom stereocenters. The molecule has 2 aromatic rings. The summed E-state index contributed by atoms with van der Waals surface area (Å²) in [4.78, 5) is 20.6. The fourth-order valence-electron chi connectivity index (χ4n) is 3.16. The molecule has 1 aromatic heterocycles. The minimum Gasteiger partial charge on any atom is -0.376 e. The number of benzene rings is 1. The van der Waals surface area contributed by atoms with Crippen molar-refractivity contribution in [1.82, 2.24) is 15.3 Å². The van der Waals surface area contributed by atoms with Crippen molar-refractivity contribution < 1.29 is 9.53 Å². The van der Waals surface area contributed by atoms with Crippen LogP contribution in [0, 0.1) is 20.8 Å². The molecule has 1 aliphatic rings. The largest absolute Gasteiger partial charge is 0.376 e. The van der Waals surface area contributed by atoms with E-state index in [1.54, 1.807) is 6.07 Å². The average Bonchev–Trinajstić information content (AvgIpc) is 3.10. The van der Waals surface area contributed by atoms with E-state index >= 15 is 0 Å².